The first kappa shape index (κ1) is 28.9. The smallest absolute Gasteiger partial charge is 0.119 e. The van der Waals surface area contributed by atoms with Gasteiger partial charge in [-0.05, 0) is 53.1 Å². The molecule has 0 saturated carbocycles. The normalized spacial score (nSPS) is 13.8. The van der Waals surface area contributed by atoms with Gasteiger partial charge in [-0.2, -0.15) is 0 Å². The Bertz CT molecular complexity index is 1130. The first-order valence-electron chi connectivity index (χ1n) is 13.8. The zero-order valence-electron chi connectivity index (χ0n) is 23.7. The fraction of sp³-hybridized carbons (Fsp3) is 0.438. The fourth-order valence-corrected chi connectivity index (χ4v) is 4.65. The highest BCUT2D eigenvalue weighted by atomic mass is 16.5. The average molecular weight is 534 g/mol. The molecule has 0 unspecified atom stereocenters. The first-order valence-corrected chi connectivity index (χ1v) is 13.8. The molecule has 1 heterocycles. The van der Waals surface area contributed by atoms with Crippen molar-refractivity contribution in [1.29, 1.82) is 0 Å². The van der Waals surface area contributed by atoms with Crippen LogP contribution in [0.4, 0.5) is 11.4 Å². The molecule has 1 aliphatic heterocycles. The van der Waals surface area contributed by atoms with Gasteiger partial charge in [0.05, 0.1) is 46.8 Å². The first-order chi connectivity index (χ1) is 19.1. The van der Waals surface area contributed by atoms with Gasteiger partial charge in [-0.15, -0.1) is 0 Å². The van der Waals surface area contributed by atoms with Gasteiger partial charge in [-0.3, -0.25) is 4.90 Å². The van der Waals surface area contributed by atoms with E-state index in [2.05, 4.69) is 89.5 Å². The van der Waals surface area contributed by atoms with Crippen molar-refractivity contribution in [3.8, 4) is 5.75 Å². The molecule has 3 aromatic rings. The molecule has 0 N–H and O–H groups in total. The Labute approximate surface area is 233 Å². The van der Waals surface area contributed by atoms with Crippen LogP contribution >= 0.6 is 0 Å². The van der Waals surface area contributed by atoms with Crippen LogP contribution in [-0.2, 0) is 33.9 Å². The molecule has 1 saturated heterocycles. The van der Waals surface area contributed by atoms with E-state index in [1.54, 1.807) is 7.11 Å². The Hall–Kier alpha value is -3.10. The van der Waals surface area contributed by atoms with E-state index in [-0.39, 0.29) is 0 Å². The molecule has 0 bridgehead atoms. The van der Waals surface area contributed by atoms with Crippen molar-refractivity contribution in [3.05, 3.63) is 89.5 Å². The second kappa shape index (κ2) is 15.5. The summed E-state index contributed by atoms with van der Waals surface area (Å²) in [6.45, 7) is 8.61. The largest absolute Gasteiger partial charge is 0.497 e. The molecular weight excluding hydrogens is 490 g/mol. The zero-order valence-corrected chi connectivity index (χ0v) is 23.7. The SMILES string of the molecule is COc1cccc(CN(Cc2cccc(N(C)C)c2)c2cccc(COCCOCCN3CCOCC3)c2)c1. The minimum Gasteiger partial charge on any atom is -0.497 e. The van der Waals surface area contributed by atoms with Gasteiger partial charge in [0.25, 0.3) is 0 Å². The minimum absolute atomic E-state index is 0.559. The van der Waals surface area contributed by atoms with E-state index in [1.165, 1.54) is 16.8 Å². The van der Waals surface area contributed by atoms with Crippen LogP contribution in [0.15, 0.2) is 72.8 Å². The minimum atomic E-state index is 0.559. The molecule has 0 atom stereocenters. The number of rotatable bonds is 15. The summed E-state index contributed by atoms with van der Waals surface area (Å²) in [6, 6.07) is 25.6. The van der Waals surface area contributed by atoms with Crippen LogP contribution < -0.4 is 14.5 Å². The van der Waals surface area contributed by atoms with Gasteiger partial charge in [0, 0.05) is 58.2 Å². The Morgan fingerprint density at radius 2 is 1.38 bits per heavy atom. The standard InChI is InChI=1S/C32H43N3O4/c1-33(2)30-10-4-7-27(21-30)24-35(25-28-8-6-12-32(23-28)36-3)31-11-5-9-29(22-31)26-39-20-19-38-18-15-34-13-16-37-17-14-34/h4-12,21-23H,13-20,24-26H2,1-3H3. The molecule has 7 heteroatoms. The third kappa shape index (κ3) is 9.55. The number of ether oxygens (including phenoxy) is 4. The van der Waals surface area contributed by atoms with Crippen LogP contribution in [0.1, 0.15) is 16.7 Å². The fourth-order valence-electron chi connectivity index (χ4n) is 4.65. The van der Waals surface area contributed by atoms with Gasteiger partial charge in [0.1, 0.15) is 5.75 Å². The Morgan fingerprint density at radius 3 is 2.13 bits per heavy atom. The molecule has 0 radical (unpaired) electrons. The maximum Gasteiger partial charge on any atom is 0.119 e. The van der Waals surface area contributed by atoms with Crippen molar-refractivity contribution in [2.24, 2.45) is 0 Å². The molecule has 39 heavy (non-hydrogen) atoms. The lowest BCUT2D eigenvalue weighted by atomic mass is 10.1. The number of methoxy groups -OCH3 is 1. The zero-order chi connectivity index (χ0) is 27.3. The van der Waals surface area contributed by atoms with E-state index in [0.29, 0.717) is 19.8 Å². The lowest BCUT2D eigenvalue weighted by Gasteiger charge is -2.27. The van der Waals surface area contributed by atoms with Crippen LogP contribution in [0.5, 0.6) is 5.75 Å². The maximum absolute atomic E-state index is 5.96. The van der Waals surface area contributed by atoms with E-state index < -0.39 is 0 Å². The molecule has 210 valence electrons. The summed E-state index contributed by atoms with van der Waals surface area (Å²) in [7, 11) is 5.86. The summed E-state index contributed by atoms with van der Waals surface area (Å²) in [5.74, 6) is 0.872. The van der Waals surface area contributed by atoms with Gasteiger partial charge < -0.3 is 28.7 Å². The number of morpholine rings is 1. The van der Waals surface area contributed by atoms with Gasteiger partial charge in [0.15, 0.2) is 0 Å². The van der Waals surface area contributed by atoms with Gasteiger partial charge in [-0.25, -0.2) is 0 Å². The molecule has 4 rings (SSSR count). The third-order valence-corrected chi connectivity index (χ3v) is 6.88. The van der Waals surface area contributed by atoms with Crippen molar-refractivity contribution in [2.75, 3.05) is 83.7 Å². The Balaban J connectivity index is 1.35. The number of hydrogen-bond donors (Lipinski definition) is 0. The maximum atomic E-state index is 5.96. The second-order valence-corrected chi connectivity index (χ2v) is 10.1. The Morgan fingerprint density at radius 1 is 0.744 bits per heavy atom. The van der Waals surface area contributed by atoms with E-state index in [1.807, 2.05) is 12.1 Å². The van der Waals surface area contributed by atoms with Crippen LogP contribution in [0, 0.1) is 0 Å². The lowest BCUT2D eigenvalue weighted by molar-refractivity contribution is 0.00585. The molecular formula is C32H43N3O4. The topological polar surface area (TPSA) is 46.6 Å². The summed E-state index contributed by atoms with van der Waals surface area (Å²) in [5.41, 5.74) is 5.98. The van der Waals surface area contributed by atoms with E-state index in [4.69, 9.17) is 18.9 Å². The lowest BCUT2D eigenvalue weighted by Crippen LogP contribution is -2.38. The van der Waals surface area contributed by atoms with Crippen molar-refractivity contribution >= 4 is 11.4 Å². The highest BCUT2D eigenvalue weighted by Crippen LogP contribution is 2.25. The summed E-state index contributed by atoms with van der Waals surface area (Å²) >= 11 is 0. The average Bonchev–Trinajstić information content (AvgIpc) is 2.97. The predicted octanol–water partition coefficient (Wildman–Crippen LogP) is 4.83. The van der Waals surface area contributed by atoms with Crippen molar-refractivity contribution in [2.45, 2.75) is 19.7 Å². The molecule has 0 amide bonds. The molecule has 0 spiro atoms. The number of anilines is 2. The van der Waals surface area contributed by atoms with Crippen molar-refractivity contribution in [1.82, 2.24) is 4.90 Å². The van der Waals surface area contributed by atoms with Gasteiger partial charge >= 0.3 is 0 Å². The quantitative estimate of drug-likeness (QED) is 0.259. The van der Waals surface area contributed by atoms with Gasteiger partial charge in [0.2, 0.25) is 0 Å². The van der Waals surface area contributed by atoms with Gasteiger partial charge in [-0.1, -0.05) is 36.4 Å². The molecule has 1 fully saturated rings. The molecule has 7 nitrogen and oxygen atoms in total. The molecule has 0 aromatic heterocycles. The highest BCUT2D eigenvalue weighted by molar-refractivity contribution is 5.52. The predicted molar refractivity (Wildman–Crippen MR) is 158 cm³/mol. The van der Waals surface area contributed by atoms with E-state index >= 15 is 0 Å². The van der Waals surface area contributed by atoms with Crippen LogP contribution in [-0.4, -0.2) is 78.8 Å². The third-order valence-electron chi connectivity index (χ3n) is 6.88. The highest BCUT2D eigenvalue weighted by Gasteiger charge is 2.12. The molecule has 1 aliphatic rings. The molecule has 0 aliphatic carbocycles. The van der Waals surface area contributed by atoms with E-state index in [0.717, 1.165) is 69.5 Å². The van der Waals surface area contributed by atoms with Crippen molar-refractivity contribution in [3.63, 3.8) is 0 Å². The summed E-state index contributed by atoms with van der Waals surface area (Å²) in [6.07, 6.45) is 0. The van der Waals surface area contributed by atoms with Crippen LogP contribution in [0.2, 0.25) is 0 Å². The van der Waals surface area contributed by atoms with Crippen LogP contribution in [0.3, 0.4) is 0 Å². The number of nitrogens with zero attached hydrogens (tertiary/aromatic N) is 3. The monoisotopic (exact) mass is 533 g/mol. The number of hydrogen-bond acceptors (Lipinski definition) is 7. The Kier molecular flexibility index (Phi) is 11.5. The summed E-state index contributed by atoms with van der Waals surface area (Å²) in [5, 5.41) is 0. The summed E-state index contributed by atoms with van der Waals surface area (Å²) < 4.78 is 22.6. The number of benzene rings is 3. The molecule has 3 aromatic carbocycles. The van der Waals surface area contributed by atoms with E-state index in [9.17, 15) is 0 Å². The summed E-state index contributed by atoms with van der Waals surface area (Å²) in [4.78, 5) is 6.92. The van der Waals surface area contributed by atoms with Crippen molar-refractivity contribution < 1.29 is 18.9 Å². The van der Waals surface area contributed by atoms with Crippen LogP contribution in [0.25, 0.3) is 0 Å². The second-order valence-electron chi connectivity index (χ2n) is 10.1.